The topological polar surface area (TPSA) is 63.1 Å². The molecule has 3 aromatic rings. The van der Waals surface area contributed by atoms with Gasteiger partial charge in [0.1, 0.15) is 11.6 Å². The highest BCUT2D eigenvalue weighted by Crippen LogP contribution is 2.19. The summed E-state index contributed by atoms with van der Waals surface area (Å²) in [6.07, 6.45) is 1.41. The molecule has 0 atom stereocenters. The maximum absolute atomic E-state index is 12.0. The van der Waals surface area contributed by atoms with Gasteiger partial charge in [-0.1, -0.05) is 30.3 Å². The fourth-order valence-corrected chi connectivity index (χ4v) is 2.18. The number of hydrogen-bond acceptors (Lipinski definition) is 3. The van der Waals surface area contributed by atoms with Gasteiger partial charge in [0.15, 0.2) is 5.65 Å². The molecule has 2 heterocycles. The van der Waals surface area contributed by atoms with E-state index in [1.807, 2.05) is 41.9 Å². The van der Waals surface area contributed by atoms with Crippen LogP contribution in [0.4, 0.5) is 0 Å². The molecule has 0 saturated carbocycles. The maximum Gasteiger partial charge on any atom is 0.274 e. The Hall–Kier alpha value is -2.87. The van der Waals surface area contributed by atoms with Crippen molar-refractivity contribution in [1.82, 2.24) is 14.2 Å². The predicted octanol–water partition coefficient (Wildman–Crippen LogP) is 1.57. The lowest BCUT2D eigenvalue weighted by molar-refractivity contribution is 0.830. The Morgan fingerprint density at radius 2 is 2.00 bits per heavy atom. The van der Waals surface area contributed by atoms with Crippen molar-refractivity contribution in [3.8, 4) is 17.3 Å². The molecule has 0 unspecified atom stereocenters. The van der Waals surface area contributed by atoms with Crippen LogP contribution in [0.25, 0.3) is 16.9 Å². The summed E-state index contributed by atoms with van der Waals surface area (Å²) in [6.45, 7) is 0. The summed E-state index contributed by atoms with van der Waals surface area (Å²) in [7, 11) is 1.82. The van der Waals surface area contributed by atoms with Crippen molar-refractivity contribution < 1.29 is 0 Å². The number of fused-ring (bicyclic) bond motifs is 1. The zero-order chi connectivity index (χ0) is 13.4. The van der Waals surface area contributed by atoms with Gasteiger partial charge in [-0.25, -0.2) is 0 Å². The SMILES string of the molecule is Cn1c(-c2ccccc2)cc(=O)n2ncc(C#N)c12. The van der Waals surface area contributed by atoms with E-state index in [1.54, 1.807) is 0 Å². The molecule has 0 amide bonds. The van der Waals surface area contributed by atoms with Gasteiger partial charge in [0.05, 0.1) is 11.9 Å². The molecule has 0 aliphatic carbocycles. The molecule has 3 rings (SSSR count). The van der Waals surface area contributed by atoms with Gasteiger partial charge < -0.3 is 4.57 Å². The van der Waals surface area contributed by atoms with Gasteiger partial charge in [-0.15, -0.1) is 0 Å². The minimum Gasteiger partial charge on any atom is -0.327 e. The van der Waals surface area contributed by atoms with E-state index < -0.39 is 0 Å². The number of rotatable bonds is 1. The highest BCUT2D eigenvalue weighted by atomic mass is 16.1. The number of aryl methyl sites for hydroxylation is 1. The molecule has 0 spiro atoms. The molecule has 2 aromatic heterocycles. The first-order valence-electron chi connectivity index (χ1n) is 5.75. The zero-order valence-electron chi connectivity index (χ0n) is 10.2. The van der Waals surface area contributed by atoms with Crippen LogP contribution in [-0.2, 0) is 7.05 Å². The second-order valence-corrected chi connectivity index (χ2v) is 4.20. The molecule has 92 valence electrons. The molecular formula is C14H10N4O. The summed E-state index contributed by atoms with van der Waals surface area (Å²) in [6, 6.07) is 13.2. The Labute approximate surface area is 109 Å². The molecule has 0 radical (unpaired) electrons. The largest absolute Gasteiger partial charge is 0.327 e. The lowest BCUT2D eigenvalue weighted by Gasteiger charge is -2.10. The summed E-state index contributed by atoms with van der Waals surface area (Å²) >= 11 is 0. The van der Waals surface area contributed by atoms with Crippen LogP contribution < -0.4 is 5.56 Å². The first-order chi connectivity index (χ1) is 9.22. The Kier molecular flexibility index (Phi) is 2.43. The monoisotopic (exact) mass is 250 g/mol. The molecule has 0 fully saturated rings. The van der Waals surface area contributed by atoms with Gasteiger partial charge in [-0.05, 0) is 5.56 Å². The number of hydrogen-bond donors (Lipinski definition) is 0. The van der Waals surface area contributed by atoms with Crippen molar-refractivity contribution in [3.63, 3.8) is 0 Å². The van der Waals surface area contributed by atoms with Gasteiger partial charge in [-0.3, -0.25) is 4.79 Å². The number of nitrogens with zero attached hydrogens (tertiary/aromatic N) is 4. The molecule has 0 bridgehead atoms. The van der Waals surface area contributed by atoms with Crippen LogP contribution in [0.3, 0.4) is 0 Å². The van der Waals surface area contributed by atoms with E-state index in [0.717, 1.165) is 11.3 Å². The second-order valence-electron chi connectivity index (χ2n) is 4.20. The van der Waals surface area contributed by atoms with E-state index >= 15 is 0 Å². The first kappa shape index (κ1) is 11.2. The summed E-state index contributed by atoms with van der Waals surface area (Å²) in [5.74, 6) is 0. The molecule has 5 heteroatoms. The third-order valence-corrected chi connectivity index (χ3v) is 3.08. The normalized spacial score (nSPS) is 10.5. The fourth-order valence-electron chi connectivity index (χ4n) is 2.18. The van der Waals surface area contributed by atoms with Crippen LogP contribution in [0.5, 0.6) is 0 Å². The minimum absolute atomic E-state index is 0.242. The molecule has 1 aromatic carbocycles. The van der Waals surface area contributed by atoms with Crippen LogP contribution >= 0.6 is 0 Å². The van der Waals surface area contributed by atoms with Crippen LogP contribution in [-0.4, -0.2) is 14.2 Å². The van der Waals surface area contributed by atoms with E-state index in [4.69, 9.17) is 5.26 Å². The van der Waals surface area contributed by atoms with E-state index in [2.05, 4.69) is 11.2 Å². The summed E-state index contributed by atoms with van der Waals surface area (Å²) in [5, 5.41) is 13.0. The van der Waals surface area contributed by atoms with Gasteiger partial charge in [0.2, 0.25) is 0 Å². The average molecular weight is 250 g/mol. The van der Waals surface area contributed by atoms with Crippen LogP contribution in [0.2, 0.25) is 0 Å². The second kappa shape index (κ2) is 4.10. The van der Waals surface area contributed by atoms with Crippen molar-refractivity contribution in [2.24, 2.45) is 7.05 Å². The fraction of sp³-hybridized carbons (Fsp3) is 0.0714. The number of benzene rings is 1. The smallest absolute Gasteiger partial charge is 0.274 e. The summed E-state index contributed by atoms with van der Waals surface area (Å²) in [4.78, 5) is 12.0. The highest BCUT2D eigenvalue weighted by Gasteiger charge is 2.12. The van der Waals surface area contributed by atoms with Gasteiger partial charge in [-0.2, -0.15) is 14.9 Å². The van der Waals surface area contributed by atoms with Gasteiger partial charge in [0, 0.05) is 13.1 Å². The Morgan fingerprint density at radius 1 is 1.26 bits per heavy atom. The summed E-state index contributed by atoms with van der Waals surface area (Å²) in [5.41, 5.74) is 2.34. The average Bonchev–Trinajstić information content (AvgIpc) is 2.88. The third-order valence-electron chi connectivity index (χ3n) is 3.08. The van der Waals surface area contributed by atoms with Crippen LogP contribution in [0.15, 0.2) is 47.4 Å². The molecule has 5 nitrogen and oxygen atoms in total. The lowest BCUT2D eigenvalue weighted by Crippen LogP contribution is -2.18. The third kappa shape index (κ3) is 1.62. The van der Waals surface area contributed by atoms with Crippen LogP contribution in [0, 0.1) is 11.3 Å². The van der Waals surface area contributed by atoms with Crippen molar-refractivity contribution in [2.45, 2.75) is 0 Å². The maximum atomic E-state index is 12.0. The van der Waals surface area contributed by atoms with Gasteiger partial charge in [0.25, 0.3) is 5.56 Å². The molecule has 0 saturated heterocycles. The molecule has 0 aliphatic rings. The van der Waals surface area contributed by atoms with Crippen molar-refractivity contribution >= 4 is 5.65 Å². The van der Waals surface area contributed by atoms with E-state index in [9.17, 15) is 4.79 Å². The lowest BCUT2D eigenvalue weighted by atomic mass is 10.1. The Balaban J connectivity index is 2.43. The number of nitriles is 1. The van der Waals surface area contributed by atoms with Crippen molar-refractivity contribution in [2.75, 3.05) is 0 Å². The van der Waals surface area contributed by atoms with E-state index in [1.165, 1.54) is 16.8 Å². The van der Waals surface area contributed by atoms with Gasteiger partial charge >= 0.3 is 0 Å². The standard InChI is InChI=1S/C14H10N4O/c1-17-12(10-5-3-2-4-6-10)7-13(19)18-14(17)11(8-15)9-16-18/h2-7,9H,1H3. The van der Waals surface area contributed by atoms with Crippen molar-refractivity contribution in [3.05, 3.63) is 58.5 Å². The van der Waals surface area contributed by atoms with E-state index in [-0.39, 0.29) is 5.56 Å². The molecule has 19 heavy (non-hydrogen) atoms. The predicted molar refractivity (Wildman–Crippen MR) is 70.6 cm³/mol. The molecule has 0 aliphatic heterocycles. The quantitative estimate of drug-likeness (QED) is 0.658. The zero-order valence-corrected chi connectivity index (χ0v) is 10.2. The Morgan fingerprint density at radius 3 is 2.68 bits per heavy atom. The highest BCUT2D eigenvalue weighted by molar-refractivity contribution is 5.65. The Bertz CT molecular complexity index is 853. The first-order valence-corrected chi connectivity index (χ1v) is 5.75. The number of aromatic nitrogens is 3. The van der Waals surface area contributed by atoms with E-state index in [0.29, 0.717) is 11.2 Å². The minimum atomic E-state index is -0.242. The van der Waals surface area contributed by atoms with Crippen molar-refractivity contribution in [1.29, 1.82) is 5.26 Å². The van der Waals surface area contributed by atoms with Crippen LogP contribution in [0.1, 0.15) is 5.56 Å². The molecule has 0 N–H and O–H groups in total. The molecular weight excluding hydrogens is 240 g/mol. The summed E-state index contributed by atoms with van der Waals surface area (Å²) < 4.78 is 3.05.